The Morgan fingerprint density at radius 2 is 2.17 bits per heavy atom. The number of hydrogen-bond acceptors (Lipinski definition) is 4. The van der Waals surface area contributed by atoms with Crippen molar-refractivity contribution in [3.05, 3.63) is 29.8 Å². The number of methoxy groups -OCH3 is 1. The van der Waals surface area contributed by atoms with Crippen molar-refractivity contribution in [2.75, 3.05) is 20.2 Å². The molecule has 98 valence electrons. The average molecular weight is 248 g/mol. The number of ether oxygens (including phenoxy) is 1. The lowest BCUT2D eigenvalue weighted by molar-refractivity contribution is 0.104. The summed E-state index contributed by atoms with van der Waals surface area (Å²) >= 11 is 0. The number of nitrogens with zero attached hydrogens (tertiary/aromatic N) is 2. The minimum atomic E-state index is -0.615. The van der Waals surface area contributed by atoms with Crippen molar-refractivity contribution in [1.29, 1.82) is 5.26 Å². The zero-order chi connectivity index (χ0) is 13.5. The molecule has 0 radical (unpaired) electrons. The van der Waals surface area contributed by atoms with Gasteiger partial charge in [-0.2, -0.15) is 5.26 Å². The molecule has 1 N–H and O–H groups in total. The highest BCUT2D eigenvalue weighted by Crippen LogP contribution is 2.20. The molecule has 1 aromatic rings. The second-order valence-corrected chi connectivity index (χ2v) is 4.47. The van der Waals surface area contributed by atoms with Crippen molar-refractivity contribution in [3.63, 3.8) is 0 Å². The molecule has 0 bridgehead atoms. The Labute approximate surface area is 108 Å². The van der Waals surface area contributed by atoms with Crippen molar-refractivity contribution < 1.29 is 9.84 Å². The van der Waals surface area contributed by atoms with E-state index in [2.05, 4.69) is 6.07 Å². The summed E-state index contributed by atoms with van der Waals surface area (Å²) in [5.41, 5.74) is 0.804. The molecule has 0 aliphatic heterocycles. The van der Waals surface area contributed by atoms with Gasteiger partial charge in [0, 0.05) is 12.6 Å². The van der Waals surface area contributed by atoms with E-state index in [-0.39, 0.29) is 6.04 Å². The summed E-state index contributed by atoms with van der Waals surface area (Å²) < 4.78 is 5.13. The number of aliphatic hydroxyl groups excluding tert-OH is 1. The van der Waals surface area contributed by atoms with Crippen molar-refractivity contribution in [1.82, 2.24) is 4.90 Å². The van der Waals surface area contributed by atoms with Crippen molar-refractivity contribution in [3.8, 4) is 11.8 Å². The van der Waals surface area contributed by atoms with Crippen molar-refractivity contribution in [2.24, 2.45) is 0 Å². The standard InChI is InChI=1S/C14H20N2O2/c1-11(2)16(8-7-15)10-14(17)12-5-4-6-13(9-12)18-3/h4-6,9,11,14,17H,8,10H2,1-3H3. The zero-order valence-electron chi connectivity index (χ0n) is 11.1. The monoisotopic (exact) mass is 248 g/mol. The molecule has 0 aliphatic carbocycles. The summed E-state index contributed by atoms with van der Waals surface area (Å²) in [5.74, 6) is 0.725. The van der Waals surface area contributed by atoms with Gasteiger partial charge in [0.05, 0.1) is 25.8 Å². The van der Waals surface area contributed by atoms with Gasteiger partial charge in [0.1, 0.15) is 5.75 Å². The van der Waals surface area contributed by atoms with Gasteiger partial charge in [-0.15, -0.1) is 0 Å². The maximum Gasteiger partial charge on any atom is 0.119 e. The fourth-order valence-electron chi connectivity index (χ4n) is 1.73. The van der Waals surface area contributed by atoms with Gasteiger partial charge in [-0.3, -0.25) is 4.90 Å². The van der Waals surface area contributed by atoms with E-state index in [9.17, 15) is 5.11 Å². The molecule has 0 fully saturated rings. The number of aliphatic hydroxyl groups is 1. The highest BCUT2D eigenvalue weighted by atomic mass is 16.5. The predicted octanol–water partition coefficient (Wildman–Crippen LogP) is 1.96. The second kappa shape index (κ2) is 7.00. The third-order valence-electron chi connectivity index (χ3n) is 2.89. The van der Waals surface area contributed by atoms with Gasteiger partial charge in [0.15, 0.2) is 0 Å². The number of nitriles is 1. The molecular weight excluding hydrogens is 228 g/mol. The molecule has 4 nitrogen and oxygen atoms in total. The molecule has 0 heterocycles. The zero-order valence-corrected chi connectivity index (χ0v) is 11.1. The fourth-order valence-corrected chi connectivity index (χ4v) is 1.73. The minimum Gasteiger partial charge on any atom is -0.497 e. The number of benzene rings is 1. The van der Waals surface area contributed by atoms with Crippen LogP contribution in [0.3, 0.4) is 0 Å². The van der Waals surface area contributed by atoms with Gasteiger partial charge in [0.25, 0.3) is 0 Å². The molecule has 1 rings (SSSR count). The minimum absolute atomic E-state index is 0.227. The molecular formula is C14H20N2O2. The maximum absolute atomic E-state index is 10.2. The van der Waals surface area contributed by atoms with E-state index in [0.717, 1.165) is 11.3 Å². The Kier molecular flexibility index (Phi) is 5.63. The molecule has 0 spiro atoms. The van der Waals surface area contributed by atoms with Crippen LogP contribution in [0.4, 0.5) is 0 Å². The molecule has 4 heteroatoms. The summed E-state index contributed by atoms with van der Waals surface area (Å²) in [6.45, 7) is 4.78. The molecule has 1 atom stereocenters. The molecule has 0 saturated heterocycles. The number of rotatable bonds is 6. The molecule has 0 aliphatic rings. The Bertz CT molecular complexity index is 413. The van der Waals surface area contributed by atoms with Gasteiger partial charge < -0.3 is 9.84 Å². The lowest BCUT2D eigenvalue weighted by Gasteiger charge is -2.26. The molecule has 1 unspecified atom stereocenters. The van der Waals surface area contributed by atoms with E-state index < -0.39 is 6.10 Å². The lowest BCUT2D eigenvalue weighted by Crippen LogP contribution is -2.35. The van der Waals surface area contributed by atoms with Gasteiger partial charge in [0.2, 0.25) is 0 Å². The van der Waals surface area contributed by atoms with E-state index in [1.54, 1.807) is 7.11 Å². The largest absolute Gasteiger partial charge is 0.497 e. The van der Waals surface area contributed by atoms with Crippen LogP contribution < -0.4 is 4.74 Å². The first-order valence-electron chi connectivity index (χ1n) is 6.01. The van der Waals surface area contributed by atoms with Crippen LogP contribution in [0, 0.1) is 11.3 Å². The molecule has 0 saturated carbocycles. The van der Waals surface area contributed by atoms with Crippen LogP contribution in [0.15, 0.2) is 24.3 Å². The normalized spacial score (nSPS) is 12.5. The first kappa shape index (κ1) is 14.5. The first-order chi connectivity index (χ1) is 8.58. The van der Waals surface area contributed by atoms with Gasteiger partial charge in [-0.25, -0.2) is 0 Å². The summed E-state index contributed by atoms with van der Waals surface area (Å²) in [4.78, 5) is 1.93. The van der Waals surface area contributed by atoms with Crippen LogP contribution in [0.5, 0.6) is 5.75 Å². The van der Waals surface area contributed by atoms with Gasteiger partial charge in [-0.1, -0.05) is 12.1 Å². The Morgan fingerprint density at radius 3 is 2.72 bits per heavy atom. The topological polar surface area (TPSA) is 56.5 Å². The quantitative estimate of drug-likeness (QED) is 0.782. The average Bonchev–Trinajstić information content (AvgIpc) is 2.38. The molecule has 0 amide bonds. The van der Waals surface area contributed by atoms with Gasteiger partial charge in [-0.05, 0) is 31.5 Å². The van der Waals surface area contributed by atoms with E-state index in [1.165, 1.54) is 0 Å². The smallest absolute Gasteiger partial charge is 0.119 e. The Morgan fingerprint density at radius 1 is 1.44 bits per heavy atom. The van der Waals surface area contributed by atoms with Crippen LogP contribution in [-0.2, 0) is 0 Å². The van der Waals surface area contributed by atoms with E-state index in [1.807, 2.05) is 43.0 Å². The highest BCUT2D eigenvalue weighted by Gasteiger charge is 2.16. The van der Waals surface area contributed by atoms with Crippen LogP contribution in [0.25, 0.3) is 0 Å². The van der Waals surface area contributed by atoms with Crippen LogP contribution in [-0.4, -0.2) is 36.2 Å². The fraction of sp³-hybridized carbons (Fsp3) is 0.500. The van der Waals surface area contributed by atoms with E-state index in [0.29, 0.717) is 13.1 Å². The SMILES string of the molecule is COc1cccc(C(O)CN(CC#N)C(C)C)c1. The number of hydrogen-bond donors (Lipinski definition) is 1. The lowest BCUT2D eigenvalue weighted by atomic mass is 10.1. The van der Waals surface area contributed by atoms with Gasteiger partial charge >= 0.3 is 0 Å². The van der Waals surface area contributed by atoms with E-state index >= 15 is 0 Å². The third kappa shape index (κ3) is 4.02. The maximum atomic E-state index is 10.2. The third-order valence-corrected chi connectivity index (χ3v) is 2.89. The predicted molar refractivity (Wildman–Crippen MR) is 70.3 cm³/mol. The summed E-state index contributed by atoms with van der Waals surface area (Å²) in [7, 11) is 1.60. The van der Waals surface area contributed by atoms with Crippen LogP contribution in [0.2, 0.25) is 0 Å². The molecule has 0 aromatic heterocycles. The van der Waals surface area contributed by atoms with E-state index in [4.69, 9.17) is 10.00 Å². The highest BCUT2D eigenvalue weighted by molar-refractivity contribution is 5.29. The summed E-state index contributed by atoms with van der Waals surface area (Å²) in [6, 6.07) is 9.71. The Balaban J connectivity index is 2.73. The first-order valence-corrected chi connectivity index (χ1v) is 6.01. The summed E-state index contributed by atoms with van der Waals surface area (Å²) in [5, 5.41) is 18.9. The van der Waals surface area contributed by atoms with Crippen molar-refractivity contribution in [2.45, 2.75) is 26.0 Å². The van der Waals surface area contributed by atoms with Crippen LogP contribution >= 0.6 is 0 Å². The Hall–Kier alpha value is -1.57. The van der Waals surface area contributed by atoms with Crippen molar-refractivity contribution >= 4 is 0 Å². The molecule has 18 heavy (non-hydrogen) atoms. The van der Waals surface area contributed by atoms with Crippen LogP contribution in [0.1, 0.15) is 25.5 Å². The molecule has 1 aromatic carbocycles. The second-order valence-electron chi connectivity index (χ2n) is 4.47. The summed E-state index contributed by atoms with van der Waals surface area (Å²) in [6.07, 6.45) is -0.615.